The van der Waals surface area contributed by atoms with Crippen LogP contribution in [0.25, 0.3) is 11.3 Å². The molecular weight excluding hydrogens is 400 g/mol. The van der Waals surface area contributed by atoms with Gasteiger partial charge in [-0.05, 0) is 54.7 Å². The van der Waals surface area contributed by atoms with Crippen LogP contribution < -0.4 is 15.4 Å². The standard InChI is InChI=1S/C20H17ClN2O4S/c1-26-18-8-6-12(17-9-7-13(11-24)27-17)10-16(18)22-20(28)23-19(25)14-4-2-3-5-15(14)21/h2-10,24H,11H2,1H3,(H2,22,23,25,28). The quantitative estimate of drug-likeness (QED) is 0.540. The highest BCUT2D eigenvalue weighted by molar-refractivity contribution is 7.80. The molecule has 1 heterocycles. The molecule has 0 spiro atoms. The van der Waals surface area contributed by atoms with Gasteiger partial charge in [0.1, 0.15) is 23.9 Å². The maximum Gasteiger partial charge on any atom is 0.258 e. The Balaban J connectivity index is 1.78. The fourth-order valence-electron chi connectivity index (χ4n) is 2.55. The number of aliphatic hydroxyl groups is 1. The van der Waals surface area contributed by atoms with Crippen LogP contribution in [0.3, 0.4) is 0 Å². The number of benzene rings is 2. The summed E-state index contributed by atoms with van der Waals surface area (Å²) in [4.78, 5) is 12.4. The summed E-state index contributed by atoms with van der Waals surface area (Å²) in [5.74, 6) is 1.16. The molecule has 6 nitrogen and oxygen atoms in total. The number of rotatable bonds is 5. The maximum atomic E-state index is 12.4. The number of carbonyl (C=O) groups excluding carboxylic acids is 1. The van der Waals surface area contributed by atoms with E-state index in [2.05, 4.69) is 10.6 Å². The summed E-state index contributed by atoms with van der Waals surface area (Å²) in [6.07, 6.45) is 0. The van der Waals surface area contributed by atoms with Crippen LogP contribution in [-0.4, -0.2) is 23.2 Å². The number of thiocarbonyl (C=S) groups is 1. The van der Waals surface area contributed by atoms with E-state index in [1.165, 1.54) is 7.11 Å². The number of furan rings is 1. The number of aliphatic hydroxyl groups excluding tert-OH is 1. The highest BCUT2D eigenvalue weighted by atomic mass is 35.5. The Kier molecular flexibility index (Phi) is 6.30. The molecule has 0 fully saturated rings. The van der Waals surface area contributed by atoms with Crippen molar-refractivity contribution in [3.63, 3.8) is 0 Å². The van der Waals surface area contributed by atoms with Crippen LogP contribution in [-0.2, 0) is 6.61 Å². The lowest BCUT2D eigenvalue weighted by atomic mass is 10.1. The van der Waals surface area contributed by atoms with Gasteiger partial charge in [-0.25, -0.2) is 0 Å². The van der Waals surface area contributed by atoms with E-state index >= 15 is 0 Å². The number of anilines is 1. The third-order valence-electron chi connectivity index (χ3n) is 3.90. The summed E-state index contributed by atoms with van der Waals surface area (Å²) in [5, 5.41) is 15.1. The Morgan fingerprint density at radius 1 is 1.21 bits per heavy atom. The molecule has 8 heteroatoms. The minimum Gasteiger partial charge on any atom is -0.495 e. The summed E-state index contributed by atoms with van der Waals surface area (Å²) in [6, 6.07) is 15.5. The molecule has 28 heavy (non-hydrogen) atoms. The van der Waals surface area contributed by atoms with Crippen LogP contribution in [0, 0.1) is 0 Å². The van der Waals surface area contributed by atoms with E-state index in [9.17, 15) is 4.79 Å². The van der Waals surface area contributed by atoms with Crippen LogP contribution >= 0.6 is 23.8 Å². The number of methoxy groups -OCH3 is 1. The molecule has 0 bridgehead atoms. The molecule has 0 saturated heterocycles. The normalized spacial score (nSPS) is 10.4. The van der Waals surface area contributed by atoms with E-state index in [0.717, 1.165) is 5.56 Å². The van der Waals surface area contributed by atoms with Crippen molar-refractivity contribution < 1.29 is 19.1 Å². The van der Waals surface area contributed by atoms with Gasteiger partial charge in [0.05, 0.1) is 23.4 Å². The van der Waals surface area contributed by atoms with Crippen LogP contribution in [0.2, 0.25) is 5.02 Å². The van der Waals surface area contributed by atoms with Crippen LogP contribution in [0.1, 0.15) is 16.1 Å². The summed E-state index contributed by atoms with van der Waals surface area (Å²) >= 11 is 11.3. The molecule has 0 radical (unpaired) electrons. The van der Waals surface area contributed by atoms with Gasteiger partial charge in [-0.3, -0.25) is 10.1 Å². The molecule has 0 atom stereocenters. The highest BCUT2D eigenvalue weighted by Crippen LogP contribution is 2.31. The minimum absolute atomic E-state index is 0.0934. The van der Waals surface area contributed by atoms with Crippen molar-refractivity contribution in [2.24, 2.45) is 0 Å². The zero-order valence-electron chi connectivity index (χ0n) is 14.9. The van der Waals surface area contributed by atoms with Gasteiger partial charge in [0.25, 0.3) is 5.91 Å². The first-order valence-electron chi connectivity index (χ1n) is 8.26. The molecule has 0 saturated carbocycles. The van der Waals surface area contributed by atoms with Crippen molar-refractivity contribution >= 4 is 40.5 Å². The van der Waals surface area contributed by atoms with Gasteiger partial charge >= 0.3 is 0 Å². The van der Waals surface area contributed by atoms with Crippen molar-refractivity contribution in [1.82, 2.24) is 5.32 Å². The first kappa shape index (κ1) is 19.9. The largest absolute Gasteiger partial charge is 0.495 e. The third kappa shape index (κ3) is 4.51. The molecule has 144 valence electrons. The van der Waals surface area contributed by atoms with Gasteiger partial charge in [0, 0.05) is 5.56 Å². The molecule has 0 aliphatic heterocycles. The predicted molar refractivity (Wildman–Crippen MR) is 112 cm³/mol. The summed E-state index contributed by atoms with van der Waals surface area (Å²) < 4.78 is 10.9. The topological polar surface area (TPSA) is 83.7 Å². The summed E-state index contributed by atoms with van der Waals surface area (Å²) in [5.41, 5.74) is 1.62. The molecule has 0 aliphatic rings. The second-order valence-electron chi connectivity index (χ2n) is 5.73. The zero-order chi connectivity index (χ0) is 20.1. The van der Waals surface area contributed by atoms with Crippen molar-refractivity contribution in [2.45, 2.75) is 6.61 Å². The summed E-state index contributed by atoms with van der Waals surface area (Å²) in [6.45, 7) is -0.181. The van der Waals surface area contributed by atoms with E-state index < -0.39 is 5.91 Å². The number of halogens is 1. The molecule has 2 aromatic carbocycles. The molecule has 0 aliphatic carbocycles. The fraction of sp³-hybridized carbons (Fsp3) is 0.100. The molecule has 3 N–H and O–H groups in total. The van der Waals surface area contributed by atoms with E-state index in [-0.39, 0.29) is 11.7 Å². The second kappa shape index (κ2) is 8.88. The van der Waals surface area contributed by atoms with Crippen molar-refractivity contribution in [2.75, 3.05) is 12.4 Å². The van der Waals surface area contributed by atoms with E-state index in [1.54, 1.807) is 48.5 Å². The minimum atomic E-state index is -0.420. The number of hydrogen-bond acceptors (Lipinski definition) is 5. The van der Waals surface area contributed by atoms with E-state index in [0.29, 0.717) is 33.5 Å². The van der Waals surface area contributed by atoms with Crippen molar-refractivity contribution in [3.8, 4) is 17.1 Å². The first-order valence-corrected chi connectivity index (χ1v) is 9.05. The van der Waals surface area contributed by atoms with Gasteiger partial charge in [-0.2, -0.15) is 0 Å². The number of amides is 1. The number of ether oxygens (including phenoxy) is 1. The molecule has 3 aromatic rings. The lowest BCUT2D eigenvalue weighted by molar-refractivity contribution is 0.0978. The lowest BCUT2D eigenvalue weighted by Gasteiger charge is -2.14. The van der Waals surface area contributed by atoms with Crippen LogP contribution in [0.4, 0.5) is 5.69 Å². The molecule has 0 unspecified atom stereocenters. The third-order valence-corrected chi connectivity index (χ3v) is 4.43. The Morgan fingerprint density at radius 2 is 2.00 bits per heavy atom. The Labute approximate surface area is 172 Å². The average molecular weight is 417 g/mol. The average Bonchev–Trinajstić information content (AvgIpc) is 3.17. The second-order valence-corrected chi connectivity index (χ2v) is 6.54. The number of hydrogen-bond donors (Lipinski definition) is 3. The van der Waals surface area contributed by atoms with Gasteiger partial charge < -0.3 is 19.6 Å². The first-order chi connectivity index (χ1) is 13.5. The number of nitrogens with one attached hydrogen (secondary N) is 2. The maximum absolute atomic E-state index is 12.4. The van der Waals surface area contributed by atoms with Gasteiger partial charge in [-0.15, -0.1) is 0 Å². The fourth-order valence-corrected chi connectivity index (χ4v) is 2.97. The predicted octanol–water partition coefficient (Wildman–Crippen LogP) is 4.23. The zero-order valence-corrected chi connectivity index (χ0v) is 16.4. The van der Waals surface area contributed by atoms with Gasteiger partial charge in [0.2, 0.25) is 0 Å². The van der Waals surface area contributed by atoms with Crippen LogP contribution in [0.15, 0.2) is 59.0 Å². The molecule has 3 rings (SSSR count). The van der Waals surface area contributed by atoms with E-state index in [4.69, 9.17) is 38.1 Å². The molecule has 1 amide bonds. The van der Waals surface area contributed by atoms with Crippen LogP contribution in [0.5, 0.6) is 5.75 Å². The monoisotopic (exact) mass is 416 g/mol. The highest BCUT2D eigenvalue weighted by Gasteiger charge is 2.14. The Hall–Kier alpha value is -2.87. The number of carbonyl (C=O) groups is 1. The smallest absolute Gasteiger partial charge is 0.258 e. The Bertz CT molecular complexity index is 1020. The lowest BCUT2D eigenvalue weighted by Crippen LogP contribution is -2.34. The van der Waals surface area contributed by atoms with Gasteiger partial charge in [0.15, 0.2) is 5.11 Å². The molecule has 1 aromatic heterocycles. The Morgan fingerprint density at radius 3 is 2.68 bits per heavy atom. The van der Waals surface area contributed by atoms with Crippen molar-refractivity contribution in [3.05, 3.63) is 70.9 Å². The van der Waals surface area contributed by atoms with Crippen molar-refractivity contribution in [1.29, 1.82) is 0 Å². The van der Waals surface area contributed by atoms with Gasteiger partial charge in [-0.1, -0.05) is 23.7 Å². The SMILES string of the molecule is COc1ccc(-c2ccc(CO)o2)cc1NC(=S)NC(=O)c1ccccc1Cl. The molecular formula is C20H17ClN2O4S. The van der Waals surface area contributed by atoms with E-state index in [1.807, 2.05) is 6.07 Å². The summed E-state index contributed by atoms with van der Waals surface area (Å²) in [7, 11) is 1.53.